The molecule has 1 fully saturated rings. The van der Waals surface area contributed by atoms with Gasteiger partial charge in [-0.2, -0.15) is 0 Å². The molecule has 20 heavy (non-hydrogen) atoms. The molecule has 3 N–H and O–H groups in total. The summed E-state index contributed by atoms with van der Waals surface area (Å²) in [6.07, 6.45) is 2.28. The Bertz CT molecular complexity index is 620. The number of nitrogens with zero attached hydrogens (tertiary/aromatic N) is 1. The maximum atomic E-state index is 12.1. The van der Waals surface area contributed by atoms with Crippen LogP contribution < -0.4 is 15.4 Å². The van der Waals surface area contributed by atoms with Gasteiger partial charge in [0.05, 0.1) is 5.02 Å². The fourth-order valence-corrected chi connectivity index (χ4v) is 3.25. The quantitative estimate of drug-likeness (QED) is 0.726. The van der Waals surface area contributed by atoms with Crippen LogP contribution in [0.4, 0.5) is 5.82 Å². The summed E-state index contributed by atoms with van der Waals surface area (Å²) in [6.45, 7) is 0.152. The van der Waals surface area contributed by atoms with Crippen molar-refractivity contribution in [3.8, 4) is 0 Å². The van der Waals surface area contributed by atoms with E-state index in [-0.39, 0.29) is 28.4 Å². The minimum atomic E-state index is -3.69. The lowest BCUT2D eigenvalue weighted by molar-refractivity contribution is -0.119. The molecule has 0 saturated carbocycles. The Balaban J connectivity index is 2.06. The summed E-state index contributed by atoms with van der Waals surface area (Å²) in [5, 5.41) is 5.67. The fourth-order valence-electron chi connectivity index (χ4n) is 1.88. The molecule has 110 valence electrons. The molecule has 9 heteroatoms. The van der Waals surface area contributed by atoms with Gasteiger partial charge in [0, 0.05) is 32.3 Å². The Labute approximate surface area is 122 Å². The molecule has 1 amide bonds. The predicted octanol–water partition coefficient (Wildman–Crippen LogP) is 0.334. The average Bonchev–Trinajstić information content (AvgIpc) is 2.82. The Morgan fingerprint density at radius 1 is 1.55 bits per heavy atom. The third-order valence-electron chi connectivity index (χ3n) is 2.97. The summed E-state index contributed by atoms with van der Waals surface area (Å²) < 4.78 is 26.6. The normalized spacial score (nSPS) is 18.9. The first-order chi connectivity index (χ1) is 9.42. The van der Waals surface area contributed by atoms with E-state index < -0.39 is 10.0 Å². The average molecular weight is 319 g/mol. The van der Waals surface area contributed by atoms with Crippen LogP contribution in [0.5, 0.6) is 0 Å². The number of nitrogens with one attached hydrogen (secondary N) is 3. The van der Waals surface area contributed by atoms with Gasteiger partial charge in [-0.3, -0.25) is 4.79 Å². The van der Waals surface area contributed by atoms with Crippen LogP contribution in [0, 0.1) is 0 Å². The molecule has 1 atom stereocenters. The van der Waals surface area contributed by atoms with Gasteiger partial charge in [-0.1, -0.05) is 11.6 Å². The number of sulfonamides is 1. The van der Waals surface area contributed by atoms with E-state index in [1.165, 1.54) is 12.3 Å². The van der Waals surface area contributed by atoms with Gasteiger partial charge in [0.15, 0.2) is 0 Å². The highest BCUT2D eigenvalue weighted by Crippen LogP contribution is 2.21. The number of aromatic nitrogens is 1. The van der Waals surface area contributed by atoms with Crippen LogP contribution in [0.3, 0.4) is 0 Å². The van der Waals surface area contributed by atoms with Crippen molar-refractivity contribution < 1.29 is 13.2 Å². The molecule has 1 aromatic heterocycles. The fraction of sp³-hybridized carbons (Fsp3) is 0.455. The van der Waals surface area contributed by atoms with Crippen LogP contribution in [0.25, 0.3) is 0 Å². The van der Waals surface area contributed by atoms with E-state index in [9.17, 15) is 13.2 Å². The summed E-state index contributed by atoms with van der Waals surface area (Å²) in [5.41, 5.74) is 0. The number of hydrogen-bond donors (Lipinski definition) is 3. The lowest BCUT2D eigenvalue weighted by Crippen LogP contribution is -2.38. The smallest absolute Gasteiger partial charge is 0.242 e. The second kappa shape index (κ2) is 5.94. The molecule has 0 radical (unpaired) electrons. The number of halogens is 1. The van der Waals surface area contributed by atoms with Gasteiger partial charge in [-0.05, 0) is 12.5 Å². The summed E-state index contributed by atoms with van der Waals surface area (Å²) in [4.78, 5) is 15.0. The molecule has 1 aliphatic heterocycles. The highest BCUT2D eigenvalue weighted by Gasteiger charge is 2.23. The van der Waals surface area contributed by atoms with Gasteiger partial charge in [-0.25, -0.2) is 18.1 Å². The van der Waals surface area contributed by atoms with E-state index in [0.717, 1.165) is 0 Å². The van der Waals surface area contributed by atoms with E-state index in [4.69, 9.17) is 11.6 Å². The lowest BCUT2D eigenvalue weighted by atomic mass is 10.2. The van der Waals surface area contributed by atoms with Gasteiger partial charge in [0.25, 0.3) is 0 Å². The van der Waals surface area contributed by atoms with Crippen LogP contribution in [0.15, 0.2) is 17.2 Å². The molecule has 2 rings (SSSR count). The molecule has 0 spiro atoms. The van der Waals surface area contributed by atoms with Crippen LogP contribution in [0.1, 0.15) is 12.8 Å². The summed E-state index contributed by atoms with van der Waals surface area (Å²) in [7, 11) is -2.05. The van der Waals surface area contributed by atoms with Crippen molar-refractivity contribution in [3.05, 3.63) is 17.3 Å². The summed E-state index contributed by atoms with van der Waals surface area (Å²) in [6, 6.07) is 1.16. The SMILES string of the molecule is CNc1ncc(S(=O)(=O)NCC2CCC(=O)N2)cc1Cl. The van der Waals surface area contributed by atoms with Crippen molar-refractivity contribution in [2.45, 2.75) is 23.8 Å². The standard InChI is InChI=1S/C11H15ClN4O3S/c1-13-11-9(12)4-8(6-14-11)20(18,19)15-5-7-2-3-10(17)16-7/h4,6-7,15H,2-3,5H2,1H3,(H,13,14)(H,16,17). The van der Waals surface area contributed by atoms with Crippen molar-refractivity contribution in [1.29, 1.82) is 0 Å². The number of anilines is 1. The maximum absolute atomic E-state index is 12.1. The second-order valence-electron chi connectivity index (χ2n) is 4.41. The zero-order valence-electron chi connectivity index (χ0n) is 10.8. The zero-order chi connectivity index (χ0) is 14.8. The largest absolute Gasteiger partial charge is 0.372 e. The van der Waals surface area contributed by atoms with E-state index >= 15 is 0 Å². The summed E-state index contributed by atoms with van der Waals surface area (Å²) >= 11 is 5.91. The first kappa shape index (κ1) is 15.0. The van der Waals surface area contributed by atoms with Crippen LogP contribution >= 0.6 is 11.6 Å². The lowest BCUT2D eigenvalue weighted by Gasteiger charge is -2.12. The van der Waals surface area contributed by atoms with Gasteiger partial charge >= 0.3 is 0 Å². The molecule has 1 aliphatic rings. The predicted molar refractivity (Wildman–Crippen MR) is 75.1 cm³/mol. The molecule has 2 heterocycles. The topological polar surface area (TPSA) is 100 Å². The van der Waals surface area contributed by atoms with Crippen LogP contribution in [-0.4, -0.2) is 38.9 Å². The minimum absolute atomic E-state index is 0.00850. The van der Waals surface area contributed by atoms with E-state index in [0.29, 0.717) is 18.7 Å². The number of pyridine rings is 1. The first-order valence-electron chi connectivity index (χ1n) is 6.04. The molecular weight excluding hydrogens is 304 g/mol. The Hall–Kier alpha value is -1.38. The summed E-state index contributed by atoms with van der Waals surface area (Å²) in [5.74, 6) is 0.353. The van der Waals surface area contributed by atoms with Gasteiger partial charge < -0.3 is 10.6 Å². The first-order valence-corrected chi connectivity index (χ1v) is 7.91. The third kappa shape index (κ3) is 3.38. The van der Waals surface area contributed by atoms with Crippen molar-refractivity contribution in [1.82, 2.24) is 15.0 Å². The Kier molecular flexibility index (Phi) is 4.46. The molecule has 1 saturated heterocycles. The molecule has 0 aromatic carbocycles. The van der Waals surface area contributed by atoms with E-state index in [2.05, 4.69) is 20.3 Å². The highest BCUT2D eigenvalue weighted by molar-refractivity contribution is 7.89. The molecule has 1 aromatic rings. The molecule has 0 aliphatic carbocycles. The number of carbonyl (C=O) groups excluding carboxylic acids is 1. The minimum Gasteiger partial charge on any atom is -0.372 e. The molecule has 0 bridgehead atoms. The van der Waals surface area contributed by atoms with Gasteiger partial charge in [0.2, 0.25) is 15.9 Å². The number of rotatable bonds is 5. The monoisotopic (exact) mass is 318 g/mol. The number of amides is 1. The second-order valence-corrected chi connectivity index (χ2v) is 6.58. The van der Waals surface area contributed by atoms with Crippen LogP contribution in [-0.2, 0) is 14.8 Å². The highest BCUT2D eigenvalue weighted by atomic mass is 35.5. The third-order valence-corrected chi connectivity index (χ3v) is 4.65. The van der Waals surface area contributed by atoms with Crippen molar-refractivity contribution in [2.24, 2.45) is 0 Å². The van der Waals surface area contributed by atoms with Gasteiger partial charge in [-0.15, -0.1) is 0 Å². The van der Waals surface area contributed by atoms with Gasteiger partial charge in [0.1, 0.15) is 10.7 Å². The Morgan fingerprint density at radius 3 is 2.85 bits per heavy atom. The van der Waals surface area contributed by atoms with Crippen molar-refractivity contribution in [3.63, 3.8) is 0 Å². The molecular formula is C11H15ClN4O3S. The maximum Gasteiger partial charge on any atom is 0.242 e. The number of hydrogen-bond acceptors (Lipinski definition) is 5. The van der Waals surface area contributed by atoms with E-state index in [1.54, 1.807) is 7.05 Å². The van der Waals surface area contributed by atoms with Crippen LogP contribution in [0.2, 0.25) is 5.02 Å². The molecule has 7 nitrogen and oxygen atoms in total. The van der Waals surface area contributed by atoms with Crippen molar-refractivity contribution in [2.75, 3.05) is 18.9 Å². The number of carbonyl (C=O) groups is 1. The van der Waals surface area contributed by atoms with Crippen molar-refractivity contribution >= 4 is 33.3 Å². The van der Waals surface area contributed by atoms with E-state index in [1.807, 2.05) is 0 Å². The molecule has 1 unspecified atom stereocenters. The Morgan fingerprint density at radius 2 is 2.30 bits per heavy atom. The zero-order valence-corrected chi connectivity index (χ0v) is 12.4.